The molecule has 39 heavy (non-hydrogen) atoms. The summed E-state index contributed by atoms with van der Waals surface area (Å²) in [7, 11) is -0.916. The van der Waals surface area contributed by atoms with Gasteiger partial charge in [-0.25, -0.2) is 0 Å². The van der Waals surface area contributed by atoms with Crippen LogP contribution < -0.4 is 20.8 Å². The SMILES string of the molecule is COc1ccc2c(c1)CC[C@@H]1[C@@H]2CC[C@]2(C)[C@H](O[Si](c3ccccc3)(c3ccccc3)C(C)(C)C)[C@H](N)C[C@@H]12. The van der Waals surface area contributed by atoms with E-state index in [0.29, 0.717) is 17.8 Å². The van der Waals surface area contributed by atoms with Crippen molar-refractivity contribution in [2.24, 2.45) is 23.0 Å². The normalized spacial score (nSPS) is 30.3. The van der Waals surface area contributed by atoms with Crippen LogP contribution in [-0.4, -0.2) is 27.6 Å². The Kier molecular flexibility index (Phi) is 6.80. The maximum atomic E-state index is 7.80. The molecule has 0 aliphatic heterocycles. The maximum Gasteiger partial charge on any atom is 0.261 e. The fourth-order valence-corrected chi connectivity index (χ4v) is 13.7. The summed E-state index contributed by atoms with van der Waals surface area (Å²) in [6.45, 7) is 9.65. The van der Waals surface area contributed by atoms with Crippen LogP contribution in [0.4, 0.5) is 0 Å². The summed E-state index contributed by atoms with van der Waals surface area (Å²) in [6, 6.07) is 29.0. The van der Waals surface area contributed by atoms with Gasteiger partial charge in [-0.05, 0) is 93.9 Å². The minimum absolute atomic E-state index is 0.0482. The summed E-state index contributed by atoms with van der Waals surface area (Å²) in [5, 5.41) is 2.64. The zero-order chi connectivity index (χ0) is 27.4. The van der Waals surface area contributed by atoms with Crippen LogP contribution in [0.1, 0.15) is 70.4 Å². The molecule has 0 bridgehead atoms. The molecule has 3 aliphatic carbocycles. The molecule has 3 nitrogen and oxygen atoms in total. The van der Waals surface area contributed by atoms with E-state index in [4.69, 9.17) is 14.9 Å². The third-order valence-corrected chi connectivity index (χ3v) is 15.7. The second kappa shape index (κ2) is 9.90. The van der Waals surface area contributed by atoms with Crippen molar-refractivity contribution in [1.82, 2.24) is 0 Å². The highest BCUT2D eigenvalue weighted by atomic mass is 28.4. The highest BCUT2D eigenvalue weighted by Gasteiger charge is 2.62. The highest BCUT2D eigenvalue weighted by molar-refractivity contribution is 6.99. The second-order valence-corrected chi connectivity index (χ2v) is 17.9. The van der Waals surface area contributed by atoms with Crippen LogP contribution in [0.15, 0.2) is 78.9 Å². The number of hydrogen-bond donors (Lipinski definition) is 1. The fourth-order valence-electron chi connectivity index (χ4n) is 8.84. The van der Waals surface area contributed by atoms with E-state index in [2.05, 4.69) is 107 Å². The number of hydrogen-bond acceptors (Lipinski definition) is 3. The molecule has 0 amide bonds. The quantitative estimate of drug-likeness (QED) is 0.380. The molecule has 0 heterocycles. The first-order valence-electron chi connectivity index (χ1n) is 14.9. The van der Waals surface area contributed by atoms with E-state index in [1.54, 1.807) is 12.7 Å². The number of methoxy groups -OCH3 is 1. The van der Waals surface area contributed by atoms with Crippen molar-refractivity contribution in [1.29, 1.82) is 0 Å². The predicted molar refractivity (Wildman–Crippen MR) is 163 cm³/mol. The lowest BCUT2D eigenvalue weighted by atomic mass is 9.55. The lowest BCUT2D eigenvalue weighted by Gasteiger charge is -2.53. The number of ether oxygens (including phenoxy) is 1. The van der Waals surface area contributed by atoms with E-state index in [9.17, 15) is 0 Å². The maximum absolute atomic E-state index is 7.80. The Bertz CT molecular complexity index is 1260. The average Bonchev–Trinajstić information content (AvgIpc) is 3.20. The van der Waals surface area contributed by atoms with E-state index in [1.165, 1.54) is 35.2 Å². The van der Waals surface area contributed by atoms with Crippen molar-refractivity contribution in [3.63, 3.8) is 0 Å². The third kappa shape index (κ3) is 4.22. The minimum Gasteiger partial charge on any atom is -0.497 e. The molecule has 0 radical (unpaired) electrons. The van der Waals surface area contributed by atoms with Gasteiger partial charge in [-0.3, -0.25) is 0 Å². The second-order valence-electron chi connectivity index (χ2n) is 13.6. The van der Waals surface area contributed by atoms with Crippen LogP contribution in [-0.2, 0) is 10.8 Å². The molecule has 3 aromatic rings. The van der Waals surface area contributed by atoms with E-state index in [1.807, 2.05) is 0 Å². The van der Waals surface area contributed by atoms with Gasteiger partial charge in [0.2, 0.25) is 0 Å². The number of benzene rings is 3. The molecule has 206 valence electrons. The third-order valence-electron chi connectivity index (χ3n) is 10.7. The molecule has 0 unspecified atom stereocenters. The number of fused-ring (bicyclic) bond motifs is 5. The van der Waals surface area contributed by atoms with Crippen LogP contribution in [0.25, 0.3) is 0 Å². The molecule has 6 atom stereocenters. The van der Waals surface area contributed by atoms with Gasteiger partial charge in [-0.1, -0.05) is 94.4 Å². The molecular weight excluding hydrogens is 494 g/mol. The Balaban J connectivity index is 1.40. The highest BCUT2D eigenvalue weighted by Crippen LogP contribution is 2.62. The fraction of sp³-hybridized carbons (Fsp3) is 0.486. The van der Waals surface area contributed by atoms with Gasteiger partial charge in [0, 0.05) is 6.04 Å². The Hall–Kier alpha value is -2.40. The molecule has 0 aromatic heterocycles. The Morgan fingerprint density at radius 1 is 0.897 bits per heavy atom. The Morgan fingerprint density at radius 2 is 1.54 bits per heavy atom. The van der Waals surface area contributed by atoms with Crippen molar-refractivity contribution in [3.8, 4) is 5.75 Å². The van der Waals surface area contributed by atoms with Crippen LogP contribution in [0, 0.1) is 17.3 Å². The molecule has 3 aromatic carbocycles. The summed E-state index contributed by atoms with van der Waals surface area (Å²) in [4.78, 5) is 0. The van der Waals surface area contributed by atoms with Crippen molar-refractivity contribution in [2.75, 3.05) is 7.11 Å². The molecule has 4 heteroatoms. The van der Waals surface area contributed by atoms with Crippen molar-refractivity contribution >= 4 is 18.7 Å². The molecule has 2 saturated carbocycles. The van der Waals surface area contributed by atoms with Gasteiger partial charge in [-0.2, -0.15) is 0 Å². The monoisotopic (exact) mass is 539 g/mol. The number of rotatable bonds is 5. The lowest BCUT2D eigenvalue weighted by molar-refractivity contribution is -0.0175. The van der Waals surface area contributed by atoms with Gasteiger partial charge in [0.15, 0.2) is 0 Å². The van der Waals surface area contributed by atoms with E-state index in [0.717, 1.165) is 18.6 Å². The van der Waals surface area contributed by atoms with Gasteiger partial charge in [-0.15, -0.1) is 0 Å². The van der Waals surface area contributed by atoms with Gasteiger partial charge < -0.3 is 14.9 Å². The largest absolute Gasteiger partial charge is 0.497 e. The van der Waals surface area contributed by atoms with E-state index < -0.39 is 8.32 Å². The lowest BCUT2D eigenvalue weighted by Crippen LogP contribution is -2.69. The van der Waals surface area contributed by atoms with Crippen LogP contribution >= 0.6 is 0 Å². The van der Waals surface area contributed by atoms with Crippen LogP contribution in [0.2, 0.25) is 5.04 Å². The van der Waals surface area contributed by atoms with Gasteiger partial charge in [0.1, 0.15) is 5.75 Å². The zero-order valence-corrected chi connectivity index (χ0v) is 25.3. The number of nitrogens with two attached hydrogens (primary N) is 1. The van der Waals surface area contributed by atoms with Crippen LogP contribution in [0.5, 0.6) is 5.75 Å². The number of aryl methyl sites for hydroxylation is 1. The van der Waals surface area contributed by atoms with Crippen molar-refractivity contribution < 1.29 is 9.16 Å². The first-order valence-corrected chi connectivity index (χ1v) is 16.8. The van der Waals surface area contributed by atoms with Crippen molar-refractivity contribution in [2.45, 2.75) is 82.9 Å². The van der Waals surface area contributed by atoms with E-state index >= 15 is 0 Å². The predicted octanol–water partition coefficient (Wildman–Crippen LogP) is 6.43. The molecule has 0 saturated heterocycles. The first kappa shape index (κ1) is 26.8. The summed E-state index contributed by atoms with van der Waals surface area (Å²) < 4.78 is 13.3. The average molecular weight is 540 g/mol. The summed E-state index contributed by atoms with van der Waals surface area (Å²) in [6.07, 6.45) is 5.86. The molecular formula is C35H45NO2Si. The minimum atomic E-state index is -2.69. The Morgan fingerprint density at radius 3 is 2.13 bits per heavy atom. The smallest absolute Gasteiger partial charge is 0.261 e. The van der Waals surface area contributed by atoms with Gasteiger partial charge in [0.25, 0.3) is 8.32 Å². The summed E-state index contributed by atoms with van der Waals surface area (Å²) in [5.74, 6) is 2.86. The molecule has 6 rings (SSSR count). The molecule has 2 N–H and O–H groups in total. The Labute approximate surface area is 236 Å². The van der Waals surface area contributed by atoms with Crippen molar-refractivity contribution in [3.05, 3.63) is 90.0 Å². The van der Waals surface area contributed by atoms with Crippen LogP contribution in [0.3, 0.4) is 0 Å². The molecule has 2 fully saturated rings. The van der Waals surface area contributed by atoms with Gasteiger partial charge >= 0.3 is 0 Å². The molecule has 3 aliphatic rings. The standard InChI is InChI=1S/C35H45NO2Si/c1-34(2,3)39(26-12-8-6-9-13-26,27-14-10-7-11-15-27)38-33-32(36)23-31-30-18-16-24-22-25(37-5)17-19-28(24)29(30)20-21-35(31,33)4/h6-15,17,19,22,29-33H,16,18,20-21,23,36H2,1-5H3/t29-,30-,31+,32-,33-,35+/m1/s1. The zero-order valence-electron chi connectivity index (χ0n) is 24.3. The van der Waals surface area contributed by atoms with Gasteiger partial charge in [0.05, 0.1) is 13.2 Å². The topological polar surface area (TPSA) is 44.5 Å². The first-order chi connectivity index (χ1) is 18.7. The molecule has 0 spiro atoms. The summed E-state index contributed by atoms with van der Waals surface area (Å²) >= 11 is 0. The summed E-state index contributed by atoms with van der Waals surface area (Å²) in [5.41, 5.74) is 10.3. The van der Waals surface area contributed by atoms with E-state index in [-0.39, 0.29) is 22.6 Å².